The van der Waals surface area contributed by atoms with Gasteiger partial charge in [0.25, 0.3) is 0 Å². The predicted octanol–water partition coefficient (Wildman–Crippen LogP) is 1.73. The van der Waals surface area contributed by atoms with Gasteiger partial charge in [-0.3, -0.25) is 14.6 Å². The van der Waals surface area contributed by atoms with E-state index in [0.29, 0.717) is 6.61 Å². The Kier molecular flexibility index (Phi) is 4.60. The molecule has 2 unspecified atom stereocenters. The smallest absolute Gasteiger partial charge is 0.105 e. The van der Waals surface area contributed by atoms with Gasteiger partial charge in [-0.05, 0) is 31.0 Å². The lowest BCUT2D eigenvalue weighted by molar-refractivity contribution is -0.0905. The van der Waals surface area contributed by atoms with Crippen molar-refractivity contribution in [2.45, 2.75) is 37.6 Å². The van der Waals surface area contributed by atoms with E-state index in [-0.39, 0.29) is 11.7 Å². The summed E-state index contributed by atoms with van der Waals surface area (Å²) in [5, 5.41) is 4.29. The van der Waals surface area contributed by atoms with Crippen LogP contribution in [0.4, 0.5) is 0 Å². The van der Waals surface area contributed by atoms with Crippen molar-refractivity contribution in [2.75, 3.05) is 26.3 Å². The van der Waals surface area contributed by atoms with E-state index in [1.165, 1.54) is 0 Å². The van der Waals surface area contributed by atoms with Crippen molar-refractivity contribution in [3.8, 4) is 0 Å². The molecule has 0 radical (unpaired) electrons. The number of nitrogens with zero attached hydrogens (tertiary/aromatic N) is 4. The van der Waals surface area contributed by atoms with Gasteiger partial charge in [0, 0.05) is 38.2 Å². The van der Waals surface area contributed by atoms with Crippen molar-refractivity contribution in [3.05, 3.63) is 48.5 Å². The highest BCUT2D eigenvalue weighted by atomic mass is 16.6. The highest BCUT2D eigenvalue weighted by Gasteiger charge is 2.43. The number of hydrogen-bond acceptors (Lipinski definition) is 5. The van der Waals surface area contributed by atoms with Crippen LogP contribution in [0.3, 0.4) is 0 Å². The minimum absolute atomic E-state index is 0.191. The van der Waals surface area contributed by atoms with E-state index in [9.17, 15) is 0 Å². The standard InChI is InChI=1S/C18H24N4O2/c1-2-7-19-16(4-1)12-21-10-11-23-15-18(14-21)6-5-17(24-18)13-22-9-3-8-20-22/h1-4,7-9,17H,5-6,10-15H2. The molecule has 0 aromatic carbocycles. The van der Waals surface area contributed by atoms with E-state index in [2.05, 4.69) is 21.0 Å². The van der Waals surface area contributed by atoms with Gasteiger partial charge in [0.1, 0.15) is 5.60 Å². The Morgan fingerprint density at radius 2 is 2.25 bits per heavy atom. The van der Waals surface area contributed by atoms with Gasteiger partial charge in [-0.15, -0.1) is 0 Å². The molecular formula is C18H24N4O2. The molecule has 2 aromatic rings. The van der Waals surface area contributed by atoms with Crippen LogP contribution in [0.2, 0.25) is 0 Å². The van der Waals surface area contributed by atoms with Gasteiger partial charge in [-0.2, -0.15) is 5.10 Å². The second-order valence-electron chi connectivity index (χ2n) is 6.77. The van der Waals surface area contributed by atoms with Crippen LogP contribution in [-0.4, -0.2) is 57.7 Å². The second kappa shape index (κ2) is 7.01. The Morgan fingerprint density at radius 3 is 3.08 bits per heavy atom. The lowest BCUT2D eigenvalue weighted by Crippen LogP contribution is -2.44. The van der Waals surface area contributed by atoms with Crippen LogP contribution in [-0.2, 0) is 22.6 Å². The molecule has 0 amide bonds. The van der Waals surface area contributed by atoms with Crippen LogP contribution < -0.4 is 0 Å². The predicted molar refractivity (Wildman–Crippen MR) is 89.4 cm³/mol. The monoisotopic (exact) mass is 328 g/mol. The molecule has 24 heavy (non-hydrogen) atoms. The Labute approximate surface area is 142 Å². The van der Waals surface area contributed by atoms with Crippen LogP contribution in [0.5, 0.6) is 0 Å². The van der Waals surface area contributed by atoms with Crippen LogP contribution in [0, 0.1) is 0 Å². The maximum absolute atomic E-state index is 6.46. The van der Waals surface area contributed by atoms with Gasteiger partial charge >= 0.3 is 0 Å². The summed E-state index contributed by atoms with van der Waals surface area (Å²) < 4.78 is 14.3. The molecular weight excluding hydrogens is 304 g/mol. The molecule has 2 aromatic heterocycles. The van der Waals surface area contributed by atoms with Crippen molar-refractivity contribution in [1.29, 1.82) is 0 Å². The van der Waals surface area contributed by atoms with E-state index < -0.39 is 0 Å². The highest BCUT2D eigenvalue weighted by Crippen LogP contribution is 2.33. The van der Waals surface area contributed by atoms with Crippen LogP contribution in [0.1, 0.15) is 18.5 Å². The third-order valence-electron chi connectivity index (χ3n) is 4.83. The maximum Gasteiger partial charge on any atom is 0.105 e. The first-order valence-corrected chi connectivity index (χ1v) is 8.67. The molecule has 0 N–H and O–H groups in total. The zero-order valence-corrected chi connectivity index (χ0v) is 13.9. The van der Waals surface area contributed by atoms with Crippen LogP contribution in [0.15, 0.2) is 42.9 Å². The molecule has 2 fully saturated rings. The number of aromatic nitrogens is 3. The van der Waals surface area contributed by atoms with Gasteiger partial charge < -0.3 is 9.47 Å². The topological polar surface area (TPSA) is 52.4 Å². The molecule has 2 aliphatic rings. The average Bonchev–Trinajstić information content (AvgIpc) is 3.19. The second-order valence-corrected chi connectivity index (χ2v) is 6.77. The van der Waals surface area contributed by atoms with Crippen LogP contribution in [0.25, 0.3) is 0 Å². The summed E-state index contributed by atoms with van der Waals surface area (Å²) in [7, 11) is 0. The molecule has 4 heterocycles. The van der Waals surface area contributed by atoms with E-state index in [0.717, 1.165) is 51.3 Å². The SMILES string of the molecule is c1ccc(CN2CCOCC3(CCC(Cn4cccn4)O3)C2)nc1. The van der Waals surface area contributed by atoms with Gasteiger partial charge in [0.15, 0.2) is 0 Å². The summed E-state index contributed by atoms with van der Waals surface area (Å²) in [5.41, 5.74) is 0.906. The zero-order valence-electron chi connectivity index (χ0n) is 13.9. The van der Waals surface area contributed by atoms with Gasteiger partial charge in [-0.1, -0.05) is 6.07 Å². The minimum atomic E-state index is -0.191. The van der Waals surface area contributed by atoms with E-state index in [1.807, 2.05) is 41.5 Å². The fraction of sp³-hybridized carbons (Fsp3) is 0.556. The Balaban J connectivity index is 1.40. The van der Waals surface area contributed by atoms with Gasteiger partial charge in [0.2, 0.25) is 0 Å². The first kappa shape index (κ1) is 15.7. The molecule has 6 heteroatoms. The summed E-state index contributed by atoms with van der Waals surface area (Å²) in [6.07, 6.45) is 7.96. The quantitative estimate of drug-likeness (QED) is 0.855. The normalized spacial score (nSPS) is 28.2. The molecule has 6 nitrogen and oxygen atoms in total. The van der Waals surface area contributed by atoms with Crippen molar-refractivity contribution in [2.24, 2.45) is 0 Å². The van der Waals surface area contributed by atoms with Crippen molar-refractivity contribution >= 4 is 0 Å². The summed E-state index contributed by atoms with van der Waals surface area (Å²) in [6.45, 7) is 4.92. The molecule has 1 spiro atoms. The average molecular weight is 328 g/mol. The molecule has 0 bridgehead atoms. The Morgan fingerprint density at radius 1 is 1.25 bits per heavy atom. The number of ether oxygens (including phenoxy) is 2. The number of rotatable bonds is 4. The summed E-state index contributed by atoms with van der Waals surface area (Å²) in [6, 6.07) is 8.03. The van der Waals surface area contributed by atoms with Gasteiger partial charge in [-0.25, -0.2) is 0 Å². The maximum atomic E-state index is 6.46. The van der Waals surface area contributed by atoms with E-state index >= 15 is 0 Å². The van der Waals surface area contributed by atoms with Crippen molar-refractivity contribution < 1.29 is 9.47 Å². The lowest BCUT2D eigenvalue weighted by Gasteiger charge is -2.31. The third-order valence-corrected chi connectivity index (χ3v) is 4.83. The molecule has 2 atom stereocenters. The number of hydrogen-bond donors (Lipinski definition) is 0. The lowest BCUT2D eigenvalue weighted by atomic mass is 10.00. The number of pyridine rings is 1. The van der Waals surface area contributed by atoms with Crippen LogP contribution >= 0.6 is 0 Å². The minimum Gasteiger partial charge on any atom is -0.377 e. The van der Waals surface area contributed by atoms with Crippen molar-refractivity contribution in [1.82, 2.24) is 19.7 Å². The molecule has 2 saturated heterocycles. The molecule has 4 rings (SSSR count). The fourth-order valence-electron chi connectivity index (χ4n) is 3.70. The zero-order chi connectivity index (χ0) is 16.2. The fourth-order valence-corrected chi connectivity index (χ4v) is 3.70. The molecule has 0 aliphatic carbocycles. The molecule has 128 valence electrons. The largest absolute Gasteiger partial charge is 0.377 e. The van der Waals surface area contributed by atoms with Crippen molar-refractivity contribution in [3.63, 3.8) is 0 Å². The Bertz CT molecular complexity index is 634. The summed E-state index contributed by atoms with van der Waals surface area (Å²) in [4.78, 5) is 6.86. The highest BCUT2D eigenvalue weighted by molar-refractivity contribution is 5.04. The Hall–Kier alpha value is -1.76. The summed E-state index contributed by atoms with van der Waals surface area (Å²) in [5.74, 6) is 0. The molecule has 0 saturated carbocycles. The van der Waals surface area contributed by atoms with Gasteiger partial charge in [0.05, 0.1) is 31.6 Å². The molecule has 2 aliphatic heterocycles. The first-order valence-electron chi connectivity index (χ1n) is 8.67. The first-order chi connectivity index (χ1) is 11.8. The van der Waals surface area contributed by atoms with E-state index in [4.69, 9.17) is 9.47 Å². The third kappa shape index (κ3) is 3.66. The van der Waals surface area contributed by atoms with E-state index in [1.54, 1.807) is 0 Å². The summed E-state index contributed by atoms with van der Waals surface area (Å²) >= 11 is 0.